The Kier molecular flexibility index (Phi) is 17.4. The van der Waals surface area contributed by atoms with Crippen LogP contribution in [0.15, 0.2) is 0 Å². The van der Waals surface area contributed by atoms with Crippen molar-refractivity contribution < 1.29 is 78.9 Å². The Balaban J connectivity index is -0.000000605. The number of hydrogen-bond acceptors (Lipinski definition) is 5. The molecule has 0 saturated carbocycles. The maximum atomic E-state index is 10.3. The zero-order valence-electron chi connectivity index (χ0n) is 8.83. The third-order valence-electron chi connectivity index (χ3n) is 1.35. The molecule has 0 spiro atoms. The molecule has 0 saturated heterocycles. The van der Waals surface area contributed by atoms with Gasteiger partial charge in [0.2, 0.25) is 0 Å². The fourth-order valence-electron chi connectivity index (χ4n) is 0.798. The van der Waals surface area contributed by atoms with Crippen LogP contribution >= 0.6 is 0 Å². The fourth-order valence-corrected chi connectivity index (χ4v) is 0.798. The zero-order chi connectivity index (χ0) is 9.56. The topological polar surface area (TPSA) is 92.3 Å². The monoisotopic (exact) mass is 219 g/mol. The Morgan fingerprint density at radius 2 is 1.79 bits per heavy atom. The predicted octanol–water partition coefficient (Wildman–Crippen LogP) is -8.75. The van der Waals surface area contributed by atoms with Crippen molar-refractivity contribution in [2.24, 2.45) is 0 Å². The molecule has 70 valence electrons. The average molecular weight is 219 g/mol. The summed E-state index contributed by atoms with van der Waals surface area (Å²) in [5.74, 6) is -2.60. The largest absolute Gasteiger partial charge is 1.00 e. The van der Waals surface area contributed by atoms with Crippen LogP contribution in [0.4, 0.5) is 0 Å². The van der Waals surface area contributed by atoms with E-state index >= 15 is 0 Å². The van der Waals surface area contributed by atoms with Gasteiger partial charge in [0.05, 0.1) is 11.9 Å². The minimum atomic E-state index is -1.32. The van der Waals surface area contributed by atoms with Crippen LogP contribution in [0, 0.1) is 0 Å². The first-order chi connectivity index (χ1) is 5.57. The second-order valence-electron chi connectivity index (χ2n) is 2.41. The molecule has 1 atom stereocenters. The summed E-state index contributed by atoms with van der Waals surface area (Å²) in [6, 6.07) is -0.895. The fraction of sp³-hybridized carbons (Fsp3) is 0.714. The molecule has 7 heteroatoms. The van der Waals surface area contributed by atoms with E-state index < -0.39 is 24.5 Å². The number of rotatable bonds is 6. The number of aliphatic carboxylic acids is 2. The van der Waals surface area contributed by atoms with Gasteiger partial charge in [0.15, 0.2) is 0 Å². The number of carbonyl (C=O) groups is 2. The molecule has 0 aliphatic heterocycles. The zero-order valence-corrected chi connectivity index (χ0v) is 12.8. The van der Waals surface area contributed by atoms with Crippen molar-refractivity contribution in [2.45, 2.75) is 25.8 Å². The van der Waals surface area contributed by atoms with Crippen LogP contribution < -0.4 is 74.6 Å². The van der Waals surface area contributed by atoms with Crippen LogP contribution in [0.1, 0.15) is 19.8 Å². The molecule has 1 N–H and O–H groups in total. The van der Waals surface area contributed by atoms with Crippen molar-refractivity contribution >= 4 is 11.9 Å². The third-order valence-corrected chi connectivity index (χ3v) is 1.35. The van der Waals surface area contributed by atoms with Crippen LogP contribution in [-0.4, -0.2) is 24.5 Å². The molecule has 14 heavy (non-hydrogen) atoms. The second kappa shape index (κ2) is 12.0. The van der Waals surface area contributed by atoms with Gasteiger partial charge in [0, 0.05) is 12.6 Å². The maximum Gasteiger partial charge on any atom is 1.00 e. The van der Waals surface area contributed by atoms with Gasteiger partial charge >= 0.3 is 59.1 Å². The minimum Gasteiger partial charge on any atom is -0.549 e. The Labute approximate surface area is 127 Å². The van der Waals surface area contributed by atoms with Gasteiger partial charge in [-0.15, -0.1) is 0 Å². The molecule has 0 radical (unpaired) electrons. The summed E-state index contributed by atoms with van der Waals surface area (Å²) in [5.41, 5.74) is 0. The molecule has 0 aliphatic rings. The number of hydrogen-bond donors (Lipinski definition) is 1. The molecular formula is C7H11NNa2O4. The Morgan fingerprint density at radius 3 is 2.07 bits per heavy atom. The van der Waals surface area contributed by atoms with E-state index in [0.29, 0.717) is 12.8 Å². The molecule has 0 heterocycles. The number of carbonyl (C=O) groups excluding carboxylic acids is 2. The number of nitrogens with one attached hydrogen (secondary N) is 1. The van der Waals surface area contributed by atoms with Crippen LogP contribution in [0.2, 0.25) is 0 Å². The normalized spacial score (nSPS) is 10.6. The van der Waals surface area contributed by atoms with Gasteiger partial charge < -0.3 is 25.1 Å². The van der Waals surface area contributed by atoms with Gasteiger partial charge in [-0.3, -0.25) is 0 Å². The molecule has 5 nitrogen and oxygen atoms in total. The van der Waals surface area contributed by atoms with Crippen molar-refractivity contribution in [3.63, 3.8) is 0 Å². The Morgan fingerprint density at radius 1 is 1.29 bits per heavy atom. The van der Waals surface area contributed by atoms with Crippen molar-refractivity contribution in [3.05, 3.63) is 0 Å². The van der Waals surface area contributed by atoms with Gasteiger partial charge in [0.1, 0.15) is 0 Å². The molecule has 0 amide bonds. The Hall–Kier alpha value is 0.900. The van der Waals surface area contributed by atoms with Gasteiger partial charge in [0.25, 0.3) is 0 Å². The molecule has 0 aromatic heterocycles. The first-order valence-corrected chi connectivity index (χ1v) is 3.72. The molecule has 1 unspecified atom stereocenters. The standard InChI is InChI=1S/C7H13NO4.2Na/c1-2-3-5(7(11)12)8-4-6(9)10;;/h5,8H,2-4H2,1H3,(H,9,10)(H,11,12);;/q;2*+1/p-2. The summed E-state index contributed by atoms with van der Waals surface area (Å²) in [6.07, 6.45) is 1.01. The van der Waals surface area contributed by atoms with E-state index in [-0.39, 0.29) is 59.1 Å². The quantitative estimate of drug-likeness (QED) is 0.448. The van der Waals surface area contributed by atoms with E-state index in [2.05, 4.69) is 5.32 Å². The molecule has 0 aromatic carbocycles. The van der Waals surface area contributed by atoms with E-state index in [4.69, 9.17) is 0 Å². The van der Waals surface area contributed by atoms with Crippen LogP contribution in [0.25, 0.3) is 0 Å². The first-order valence-electron chi connectivity index (χ1n) is 3.72. The summed E-state index contributed by atoms with van der Waals surface area (Å²) in [7, 11) is 0. The van der Waals surface area contributed by atoms with Gasteiger partial charge in [-0.2, -0.15) is 0 Å². The Bertz CT molecular complexity index is 177. The molecule has 0 bridgehead atoms. The molecule has 0 aromatic rings. The first kappa shape index (κ1) is 20.3. The second-order valence-corrected chi connectivity index (χ2v) is 2.41. The van der Waals surface area contributed by atoms with Gasteiger partial charge in [-0.25, -0.2) is 0 Å². The molecule has 0 aliphatic carbocycles. The SMILES string of the molecule is CCCC(NCC(=O)[O-])C(=O)[O-].[Na+].[Na+]. The summed E-state index contributed by atoms with van der Waals surface area (Å²) in [6.45, 7) is 1.34. The average Bonchev–Trinajstić information content (AvgIpc) is 1.96. The van der Waals surface area contributed by atoms with Crippen LogP contribution in [0.5, 0.6) is 0 Å². The van der Waals surface area contributed by atoms with Crippen molar-refractivity contribution in [3.8, 4) is 0 Å². The summed E-state index contributed by atoms with van der Waals surface area (Å²) >= 11 is 0. The number of carboxylic acids is 2. The predicted molar refractivity (Wildman–Crippen MR) is 36.7 cm³/mol. The van der Waals surface area contributed by atoms with Crippen LogP contribution in [0.3, 0.4) is 0 Å². The summed E-state index contributed by atoms with van der Waals surface area (Å²) in [4.78, 5) is 20.3. The van der Waals surface area contributed by atoms with E-state index in [0.717, 1.165) is 0 Å². The maximum absolute atomic E-state index is 10.3. The van der Waals surface area contributed by atoms with Gasteiger partial charge in [-0.1, -0.05) is 13.3 Å². The summed E-state index contributed by atoms with van der Waals surface area (Å²) in [5, 5.41) is 22.6. The molecular weight excluding hydrogens is 208 g/mol. The van der Waals surface area contributed by atoms with Gasteiger partial charge in [-0.05, 0) is 6.42 Å². The van der Waals surface area contributed by atoms with Crippen molar-refractivity contribution in [2.75, 3.05) is 6.54 Å². The molecule has 0 fully saturated rings. The van der Waals surface area contributed by atoms with E-state index in [9.17, 15) is 19.8 Å². The summed E-state index contributed by atoms with van der Waals surface area (Å²) < 4.78 is 0. The van der Waals surface area contributed by atoms with Crippen molar-refractivity contribution in [1.29, 1.82) is 0 Å². The van der Waals surface area contributed by atoms with Crippen LogP contribution in [-0.2, 0) is 9.59 Å². The third kappa shape index (κ3) is 11.0. The van der Waals surface area contributed by atoms with E-state index in [1.807, 2.05) is 0 Å². The van der Waals surface area contributed by atoms with E-state index in [1.54, 1.807) is 6.92 Å². The van der Waals surface area contributed by atoms with Crippen molar-refractivity contribution in [1.82, 2.24) is 5.32 Å². The smallest absolute Gasteiger partial charge is 0.549 e. The number of carboxylic acid groups (broad SMARTS) is 2. The minimum absolute atomic E-state index is 0. The molecule has 0 rings (SSSR count). The van der Waals surface area contributed by atoms with E-state index in [1.165, 1.54) is 0 Å².